The van der Waals surface area contributed by atoms with Crippen molar-refractivity contribution >= 4 is 17.6 Å². The number of rotatable bonds is 3. The van der Waals surface area contributed by atoms with E-state index in [1.807, 2.05) is 0 Å². The maximum absolute atomic E-state index is 11.8. The lowest BCUT2D eigenvalue weighted by Gasteiger charge is -2.05. The van der Waals surface area contributed by atoms with Crippen LogP contribution in [0.3, 0.4) is 0 Å². The molecule has 2 N–H and O–H groups in total. The molecule has 0 saturated heterocycles. The number of pyridine rings is 1. The summed E-state index contributed by atoms with van der Waals surface area (Å²) in [5.74, 6) is -1.36. The van der Waals surface area contributed by atoms with Crippen molar-refractivity contribution in [2.24, 2.45) is 0 Å². The van der Waals surface area contributed by atoms with Crippen LogP contribution in [0.4, 0.5) is 5.69 Å². The third-order valence-electron chi connectivity index (χ3n) is 2.29. The molecule has 0 saturated carbocycles. The van der Waals surface area contributed by atoms with Gasteiger partial charge >= 0.3 is 5.97 Å². The molecule has 1 aromatic heterocycles. The third kappa shape index (κ3) is 2.70. The van der Waals surface area contributed by atoms with E-state index in [4.69, 9.17) is 5.11 Å². The van der Waals surface area contributed by atoms with Crippen molar-refractivity contribution in [2.45, 2.75) is 0 Å². The van der Waals surface area contributed by atoms with Gasteiger partial charge in [-0.05, 0) is 30.3 Å². The van der Waals surface area contributed by atoms with E-state index in [0.29, 0.717) is 11.3 Å². The number of amides is 1. The van der Waals surface area contributed by atoms with Crippen LogP contribution in [0.5, 0.6) is 0 Å². The summed E-state index contributed by atoms with van der Waals surface area (Å²) in [4.78, 5) is 26.4. The number of anilines is 1. The molecule has 18 heavy (non-hydrogen) atoms. The summed E-state index contributed by atoms with van der Waals surface area (Å²) in [6, 6.07) is 9.34. The van der Waals surface area contributed by atoms with Gasteiger partial charge < -0.3 is 10.4 Å². The van der Waals surface area contributed by atoms with Crippen molar-refractivity contribution in [3.8, 4) is 0 Å². The van der Waals surface area contributed by atoms with Crippen LogP contribution in [-0.2, 0) is 0 Å². The second-order valence-corrected chi connectivity index (χ2v) is 3.58. The maximum atomic E-state index is 11.8. The van der Waals surface area contributed by atoms with Gasteiger partial charge in [0.15, 0.2) is 0 Å². The van der Waals surface area contributed by atoms with Crippen LogP contribution in [0.1, 0.15) is 20.7 Å². The number of hydrogen-bond acceptors (Lipinski definition) is 3. The van der Waals surface area contributed by atoms with Crippen LogP contribution in [0, 0.1) is 0 Å². The lowest BCUT2D eigenvalue weighted by Crippen LogP contribution is -2.12. The number of aromatic carboxylic acids is 1. The highest BCUT2D eigenvalue weighted by molar-refractivity contribution is 6.04. The Morgan fingerprint density at radius 3 is 2.56 bits per heavy atom. The molecule has 2 rings (SSSR count). The molecule has 0 bridgehead atoms. The van der Waals surface area contributed by atoms with Gasteiger partial charge in [0, 0.05) is 18.1 Å². The van der Waals surface area contributed by atoms with Gasteiger partial charge in [0.05, 0.1) is 11.1 Å². The summed E-state index contributed by atoms with van der Waals surface area (Å²) in [5.41, 5.74) is 0.973. The fourth-order valence-corrected chi connectivity index (χ4v) is 1.43. The number of carbonyl (C=O) groups excluding carboxylic acids is 1. The normalized spacial score (nSPS) is 9.78. The zero-order chi connectivity index (χ0) is 13.0. The Labute approximate surface area is 103 Å². The largest absolute Gasteiger partial charge is 0.478 e. The van der Waals surface area contributed by atoms with E-state index in [-0.39, 0.29) is 11.5 Å². The summed E-state index contributed by atoms with van der Waals surface area (Å²) in [7, 11) is 0. The SMILES string of the molecule is O=C(O)c1cccc(NC(=O)c2cccnc2)c1. The van der Waals surface area contributed by atoms with Crippen LogP contribution >= 0.6 is 0 Å². The number of nitrogens with one attached hydrogen (secondary N) is 1. The average Bonchev–Trinajstić information content (AvgIpc) is 2.40. The Balaban J connectivity index is 2.17. The number of aromatic nitrogens is 1. The fourth-order valence-electron chi connectivity index (χ4n) is 1.43. The second-order valence-electron chi connectivity index (χ2n) is 3.58. The summed E-state index contributed by atoms with van der Waals surface area (Å²) < 4.78 is 0. The highest BCUT2D eigenvalue weighted by Gasteiger charge is 2.07. The standard InChI is InChI=1S/C13H10N2O3/c16-12(10-4-2-6-14-8-10)15-11-5-1-3-9(7-11)13(17)18/h1-8H,(H,15,16)(H,17,18). The third-order valence-corrected chi connectivity index (χ3v) is 2.29. The molecule has 0 spiro atoms. The number of carboxylic acid groups (broad SMARTS) is 1. The molecule has 0 aliphatic rings. The molecule has 1 heterocycles. The summed E-state index contributed by atoms with van der Waals surface area (Å²) in [5, 5.41) is 11.4. The number of benzene rings is 1. The van der Waals surface area contributed by atoms with Crippen LogP contribution in [-0.4, -0.2) is 22.0 Å². The van der Waals surface area contributed by atoms with Crippen molar-refractivity contribution < 1.29 is 14.7 Å². The minimum Gasteiger partial charge on any atom is -0.478 e. The first-order valence-corrected chi connectivity index (χ1v) is 5.21. The molecule has 0 atom stereocenters. The Bertz CT molecular complexity index is 582. The minimum absolute atomic E-state index is 0.124. The monoisotopic (exact) mass is 242 g/mol. The van der Waals surface area contributed by atoms with E-state index in [2.05, 4.69) is 10.3 Å². The van der Waals surface area contributed by atoms with Crippen molar-refractivity contribution in [1.29, 1.82) is 0 Å². The first-order valence-electron chi connectivity index (χ1n) is 5.21. The molecule has 0 aliphatic heterocycles. The quantitative estimate of drug-likeness (QED) is 0.863. The Hall–Kier alpha value is -2.69. The summed E-state index contributed by atoms with van der Waals surface area (Å²) in [6.45, 7) is 0. The van der Waals surface area contributed by atoms with Gasteiger partial charge in [0.2, 0.25) is 0 Å². The van der Waals surface area contributed by atoms with Gasteiger partial charge in [-0.2, -0.15) is 0 Å². The molecular weight excluding hydrogens is 232 g/mol. The van der Waals surface area contributed by atoms with Crippen LogP contribution in [0.2, 0.25) is 0 Å². The Morgan fingerprint density at radius 1 is 1.11 bits per heavy atom. The van der Waals surface area contributed by atoms with Crippen molar-refractivity contribution in [3.05, 3.63) is 59.9 Å². The van der Waals surface area contributed by atoms with E-state index >= 15 is 0 Å². The smallest absolute Gasteiger partial charge is 0.335 e. The molecule has 0 unspecified atom stereocenters. The number of nitrogens with zero attached hydrogens (tertiary/aromatic N) is 1. The lowest BCUT2D eigenvalue weighted by atomic mass is 10.2. The summed E-state index contributed by atoms with van der Waals surface area (Å²) in [6.07, 6.45) is 3.01. The van der Waals surface area contributed by atoms with Gasteiger partial charge in [-0.15, -0.1) is 0 Å². The number of carbonyl (C=O) groups is 2. The van der Waals surface area contributed by atoms with Crippen LogP contribution in [0.15, 0.2) is 48.8 Å². The van der Waals surface area contributed by atoms with Crippen molar-refractivity contribution in [3.63, 3.8) is 0 Å². The maximum Gasteiger partial charge on any atom is 0.335 e. The molecule has 1 amide bonds. The van der Waals surface area contributed by atoms with E-state index in [1.54, 1.807) is 30.5 Å². The van der Waals surface area contributed by atoms with E-state index in [0.717, 1.165) is 0 Å². The highest BCUT2D eigenvalue weighted by Crippen LogP contribution is 2.12. The molecule has 90 valence electrons. The van der Waals surface area contributed by atoms with Gasteiger partial charge in [0.1, 0.15) is 0 Å². The first kappa shape index (κ1) is 11.8. The fraction of sp³-hybridized carbons (Fsp3) is 0. The van der Waals surface area contributed by atoms with E-state index < -0.39 is 5.97 Å². The zero-order valence-electron chi connectivity index (χ0n) is 9.33. The van der Waals surface area contributed by atoms with Gasteiger partial charge in [-0.3, -0.25) is 9.78 Å². The Kier molecular flexibility index (Phi) is 3.33. The lowest BCUT2D eigenvalue weighted by molar-refractivity contribution is 0.0696. The highest BCUT2D eigenvalue weighted by atomic mass is 16.4. The number of carboxylic acids is 1. The van der Waals surface area contributed by atoms with Crippen LogP contribution in [0.25, 0.3) is 0 Å². The number of hydrogen-bond donors (Lipinski definition) is 2. The molecule has 5 heteroatoms. The van der Waals surface area contributed by atoms with E-state index in [1.165, 1.54) is 18.3 Å². The van der Waals surface area contributed by atoms with Crippen LogP contribution < -0.4 is 5.32 Å². The van der Waals surface area contributed by atoms with Gasteiger partial charge in [-0.1, -0.05) is 6.07 Å². The summed E-state index contributed by atoms with van der Waals surface area (Å²) >= 11 is 0. The van der Waals surface area contributed by atoms with Gasteiger partial charge in [0.25, 0.3) is 5.91 Å². The molecule has 0 radical (unpaired) electrons. The van der Waals surface area contributed by atoms with E-state index in [9.17, 15) is 9.59 Å². The molecule has 0 fully saturated rings. The molecule has 1 aromatic carbocycles. The zero-order valence-corrected chi connectivity index (χ0v) is 9.33. The molecule has 5 nitrogen and oxygen atoms in total. The van der Waals surface area contributed by atoms with Crippen molar-refractivity contribution in [2.75, 3.05) is 5.32 Å². The first-order chi connectivity index (χ1) is 8.66. The van der Waals surface area contributed by atoms with Gasteiger partial charge in [-0.25, -0.2) is 4.79 Å². The topological polar surface area (TPSA) is 79.3 Å². The predicted molar refractivity (Wildman–Crippen MR) is 65.6 cm³/mol. The molecule has 2 aromatic rings. The average molecular weight is 242 g/mol. The minimum atomic E-state index is -1.03. The second kappa shape index (κ2) is 5.09. The molecular formula is C13H10N2O3. The predicted octanol–water partition coefficient (Wildman–Crippen LogP) is 2.03. The Morgan fingerprint density at radius 2 is 1.89 bits per heavy atom. The molecule has 0 aliphatic carbocycles. The van der Waals surface area contributed by atoms with Crippen molar-refractivity contribution in [1.82, 2.24) is 4.98 Å².